The van der Waals surface area contributed by atoms with E-state index >= 15 is 0 Å². The van der Waals surface area contributed by atoms with Crippen molar-refractivity contribution in [3.63, 3.8) is 0 Å². The van der Waals surface area contributed by atoms with E-state index in [-0.39, 0.29) is 25.7 Å². The molecule has 0 rings (SSSR count). The van der Waals surface area contributed by atoms with Crippen molar-refractivity contribution in [2.45, 2.75) is 219 Å². The van der Waals surface area contributed by atoms with Crippen molar-refractivity contribution in [1.29, 1.82) is 0 Å². The summed E-state index contributed by atoms with van der Waals surface area (Å²) in [6.07, 6.45) is 63.5. The third kappa shape index (κ3) is 45.5. The van der Waals surface area contributed by atoms with E-state index in [9.17, 15) is 19.4 Å². The van der Waals surface area contributed by atoms with E-state index in [1.165, 1.54) is 96.3 Å². The Morgan fingerprint density at radius 2 is 0.951 bits per heavy atom. The van der Waals surface area contributed by atoms with E-state index in [4.69, 9.17) is 14.8 Å². The predicted molar refractivity (Wildman–Crippen MR) is 263 cm³/mol. The number of hydrogen-bond acceptors (Lipinski definition) is 6. The van der Waals surface area contributed by atoms with E-state index in [1.807, 2.05) is 6.08 Å². The van der Waals surface area contributed by atoms with Crippen molar-refractivity contribution in [3.8, 4) is 0 Å². The highest BCUT2D eigenvalue weighted by molar-refractivity contribution is 7.47. The second-order valence-electron chi connectivity index (χ2n) is 16.3. The molecule has 0 saturated heterocycles. The molecule has 0 fully saturated rings. The van der Waals surface area contributed by atoms with Crippen molar-refractivity contribution in [2.24, 2.45) is 5.73 Å². The topological polar surface area (TPSA) is 131 Å². The molecule has 0 spiro atoms. The Morgan fingerprint density at radius 3 is 1.39 bits per heavy atom. The molecule has 352 valence electrons. The Balaban J connectivity index is 4.22. The standard InChI is InChI=1S/C52H93N2O6P/c1-3-5-7-9-11-13-15-17-19-21-23-24-25-26-28-30-32-34-36-38-40-42-44-46-52(56)54-50(49-60-61(57,58)59-48-47-53)51(55)45-43-41-39-37-35-33-31-29-27-22-20-18-16-14-12-10-8-6-4-2/h5,7,11,13,17,19,23-24,26,28,32,34,43,45,50-51,55H,3-4,6,8-10,12,14-16,18,20-22,25,27,29-31,33,35-42,44,46-49,53H2,1-2H3,(H,54,56)(H,57,58)/b7-5-,13-11-,19-17-,24-23-,28-26-,34-32-,45-43+. The first-order valence-corrected chi connectivity index (χ1v) is 26.2. The minimum Gasteiger partial charge on any atom is -0.387 e. The molecule has 0 aromatic rings. The van der Waals surface area contributed by atoms with Gasteiger partial charge < -0.3 is 21.1 Å². The van der Waals surface area contributed by atoms with Crippen LogP contribution in [0, 0.1) is 0 Å². The number of carbonyl (C=O) groups is 1. The van der Waals surface area contributed by atoms with E-state index in [0.717, 1.165) is 89.9 Å². The van der Waals surface area contributed by atoms with E-state index in [0.29, 0.717) is 6.42 Å². The Bertz CT molecular complexity index is 1230. The third-order valence-corrected chi connectivity index (χ3v) is 11.5. The summed E-state index contributed by atoms with van der Waals surface area (Å²) < 4.78 is 22.2. The number of aliphatic hydroxyl groups excluding tert-OH is 1. The normalized spacial score (nSPS) is 14.6. The summed E-state index contributed by atoms with van der Waals surface area (Å²) in [5.41, 5.74) is 5.39. The summed E-state index contributed by atoms with van der Waals surface area (Å²) in [5, 5.41) is 13.7. The summed E-state index contributed by atoms with van der Waals surface area (Å²) >= 11 is 0. The molecule has 5 N–H and O–H groups in total. The van der Waals surface area contributed by atoms with Gasteiger partial charge in [-0.2, -0.15) is 0 Å². The smallest absolute Gasteiger partial charge is 0.387 e. The Kier molecular flexibility index (Phi) is 45.4. The van der Waals surface area contributed by atoms with Gasteiger partial charge in [-0.1, -0.05) is 214 Å². The molecule has 0 radical (unpaired) electrons. The largest absolute Gasteiger partial charge is 0.472 e. The fourth-order valence-electron chi connectivity index (χ4n) is 6.78. The molecular formula is C52H93N2O6P. The molecule has 0 bridgehead atoms. The van der Waals surface area contributed by atoms with Crippen LogP contribution >= 0.6 is 7.82 Å². The van der Waals surface area contributed by atoms with Gasteiger partial charge in [0, 0.05) is 13.0 Å². The fourth-order valence-corrected chi connectivity index (χ4v) is 7.54. The Hall–Kier alpha value is -2.32. The highest BCUT2D eigenvalue weighted by atomic mass is 31.2. The maximum Gasteiger partial charge on any atom is 0.472 e. The molecule has 0 saturated carbocycles. The maximum absolute atomic E-state index is 12.8. The van der Waals surface area contributed by atoms with Gasteiger partial charge in [0.05, 0.1) is 25.4 Å². The molecule has 0 heterocycles. The van der Waals surface area contributed by atoms with Gasteiger partial charge in [0.2, 0.25) is 5.91 Å². The lowest BCUT2D eigenvalue weighted by Crippen LogP contribution is -2.45. The minimum atomic E-state index is -4.36. The van der Waals surface area contributed by atoms with Crippen molar-refractivity contribution in [1.82, 2.24) is 5.32 Å². The highest BCUT2D eigenvalue weighted by Crippen LogP contribution is 2.43. The fraction of sp³-hybridized carbons (Fsp3) is 0.712. The molecule has 0 aliphatic rings. The Labute approximate surface area is 375 Å². The number of rotatable bonds is 45. The number of carbonyl (C=O) groups excluding carboxylic acids is 1. The number of unbranched alkanes of at least 4 members (excludes halogenated alkanes) is 21. The molecule has 0 aliphatic heterocycles. The van der Waals surface area contributed by atoms with Gasteiger partial charge in [0.15, 0.2) is 0 Å². The number of nitrogens with one attached hydrogen (secondary N) is 1. The molecular weight excluding hydrogens is 780 g/mol. The van der Waals surface area contributed by atoms with Crippen LogP contribution in [0.2, 0.25) is 0 Å². The van der Waals surface area contributed by atoms with Crippen LogP contribution in [0.4, 0.5) is 0 Å². The minimum absolute atomic E-state index is 0.0697. The molecule has 0 aliphatic carbocycles. The van der Waals surface area contributed by atoms with Gasteiger partial charge in [-0.25, -0.2) is 4.57 Å². The monoisotopic (exact) mass is 873 g/mol. The summed E-state index contributed by atoms with van der Waals surface area (Å²) in [7, 11) is -4.36. The number of nitrogens with two attached hydrogens (primary N) is 1. The van der Waals surface area contributed by atoms with Crippen LogP contribution in [0.5, 0.6) is 0 Å². The van der Waals surface area contributed by atoms with Crippen molar-refractivity contribution in [3.05, 3.63) is 85.1 Å². The molecule has 9 heteroatoms. The summed E-state index contributed by atoms with van der Waals surface area (Å²) in [5.74, 6) is -0.221. The SMILES string of the molecule is CC/C=C\C/C=C\C/C=C\C/C=C\C/C=C\C/C=C\CCCCCCC(=O)NC(COP(=O)(O)OCCN)C(O)/C=C/CCCCCCCCCCCCCCCCCCC. The lowest BCUT2D eigenvalue weighted by Gasteiger charge is -2.23. The zero-order valence-electron chi connectivity index (χ0n) is 39.1. The first-order valence-electron chi connectivity index (χ1n) is 24.7. The van der Waals surface area contributed by atoms with E-state index < -0.39 is 20.0 Å². The van der Waals surface area contributed by atoms with Crippen molar-refractivity contribution in [2.75, 3.05) is 19.8 Å². The lowest BCUT2D eigenvalue weighted by atomic mass is 10.0. The zero-order chi connectivity index (χ0) is 44.6. The van der Waals surface area contributed by atoms with Crippen LogP contribution in [0.15, 0.2) is 85.1 Å². The number of allylic oxidation sites excluding steroid dienone is 13. The van der Waals surface area contributed by atoms with Crippen LogP contribution in [-0.2, 0) is 18.4 Å². The van der Waals surface area contributed by atoms with Gasteiger partial charge in [0.25, 0.3) is 0 Å². The number of amides is 1. The maximum atomic E-state index is 12.8. The number of aliphatic hydroxyl groups is 1. The second-order valence-corrected chi connectivity index (χ2v) is 17.7. The van der Waals surface area contributed by atoms with Crippen LogP contribution in [0.3, 0.4) is 0 Å². The van der Waals surface area contributed by atoms with E-state index in [1.54, 1.807) is 6.08 Å². The molecule has 61 heavy (non-hydrogen) atoms. The Morgan fingerprint density at radius 1 is 0.557 bits per heavy atom. The van der Waals surface area contributed by atoms with Gasteiger partial charge in [-0.15, -0.1) is 0 Å². The predicted octanol–water partition coefficient (Wildman–Crippen LogP) is 14.6. The molecule has 8 nitrogen and oxygen atoms in total. The van der Waals surface area contributed by atoms with Crippen LogP contribution in [-0.4, -0.2) is 47.8 Å². The van der Waals surface area contributed by atoms with Crippen LogP contribution in [0.25, 0.3) is 0 Å². The molecule has 3 atom stereocenters. The van der Waals surface area contributed by atoms with Gasteiger partial charge in [0.1, 0.15) is 0 Å². The summed E-state index contributed by atoms with van der Waals surface area (Å²) in [6, 6.07) is -0.880. The second kappa shape index (κ2) is 47.2. The van der Waals surface area contributed by atoms with E-state index in [2.05, 4.69) is 92.1 Å². The van der Waals surface area contributed by atoms with Crippen LogP contribution in [0.1, 0.15) is 206 Å². The average molecular weight is 873 g/mol. The molecule has 0 aromatic heterocycles. The number of hydrogen-bond donors (Lipinski definition) is 4. The lowest BCUT2D eigenvalue weighted by molar-refractivity contribution is -0.123. The quantitative estimate of drug-likeness (QED) is 0.0272. The first-order chi connectivity index (χ1) is 29.9. The number of phosphoric acid groups is 1. The first kappa shape index (κ1) is 58.7. The zero-order valence-corrected chi connectivity index (χ0v) is 40.0. The molecule has 3 unspecified atom stereocenters. The summed E-state index contributed by atoms with van der Waals surface area (Å²) in [4.78, 5) is 22.8. The van der Waals surface area contributed by atoms with Crippen molar-refractivity contribution < 1.29 is 28.4 Å². The average Bonchev–Trinajstić information content (AvgIpc) is 3.25. The summed E-state index contributed by atoms with van der Waals surface area (Å²) in [6.45, 7) is 4.00. The highest BCUT2D eigenvalue weighted by Gasteiger charge is 2.26. The van der Waals surface area contributed by atoms with Gasteiger partial charge >= 0.3 is 7.82 Å². The molecule has 0 aromatic carbocycles. The van der Waals surface area contributed by atoms with Crippen LogP contribution < -0.4 is 11.1 Å². The van der Waals surface area contributed by atoms with Crippen molar-refractivity contribution >= 4 is 13.7 Å². The molecule has 1 amide bonds. The van der Waals surface area contributed by atoms with Gasteiger partial charge in [-0.05, 0) is 70.6 Å². The third-order valence-electron chi connectivity index (χ3n) is 10.5. The van der Waals surface area contributed by atoms with Gasteiger partial charge in [-0.3, -0.25) is 13.8 Å². The number of phosphoric ester groups is 1.